The molecule has 0 atom stereocenters. The average Bonchev–Trinajstić information content (AvgIpc) is 3.29. The van der Waals surface area contributed by atoms with Crippen molar-refractivity contribution in [3.8, 4) is 11.5 Å². The molecule has 1 heterocycles. The van der Waals surface area contributed by atoms with Gasteiger partial charge in [0.2, 0.25) is 0 Å². The molecule has 0 saturated heterocycles. The first-order valence-electron chi connectivity index (χ1n) is 10.2. The van der Waals surface area contributed by atoms with E-state index >= 15 is 0 Å². The van der Waals surface area contributed by atoms with E-state index in [4.69, 9.17) is 9.26 Å². The molecule has 0 bridgehead atoms. The number of likely N-dealkylation sites (N-methyl/N-ethyl adjacent to an activating group) is 1. The fourth-order valence-electron chi connectivity index (χ4n) is 2.94. The molecule has 32 heavy (non-hydrogen) atoms. The van der Waals surface area contributed by atoms with Crippen LogP contribution in [0.2, 0.25) is 0 Å². The van der Waals surface area contributed by atoms with Crippen LogP contribution in [0.3, 0.4) is 0 Å². The summed E-state index contributed by atoms with van der Waals surface area (Å²) in [6.07, 6.45) is 1.14. The Hall–Kier alpha value is -3.59. The van der Waals surface area contributed by atoms with Gasteiger partial charge >= 0.3 is 0 Å². The van der Waals surface area contributed by atoms with Gasteiger partial charge in [0.1, 0.15) is 5.82 Å². The Bertz CT molecular complexity index is 1030. The largest absolute Gasteiger partial charge is 0.385 e. The molecule has 9 heteroatoms. The van der Waals surface area contributed by atoms with Crippen LogP contribution >= 0.6 is 0 Å². The molecule has 8 nitrogen and oxygen atoms in total. The van der Waals surface area contributed by atoms with Crippen molar-refractivity contribution >= 4 is 11.8 Å². The summed E-state index contributed by atoms with van der Waals surface area (Å²) in [6.45, 7) is 1.51. The first-order chi connectivity index (χ1) is 15.5. The molecule has 0 unspecified atom stereocenters. The van der Waals surface area contributed by atoms with Crippen molar-refractivity contribution in [2.75, 3.05) is 33.9 Å². The SMILES string of the molecule is COCCCNC(=O)c1ccc(-c2nc(CCN(C)C(=O)c3ccc(F)cc3)no2)cc1. The molecule has 168 valence electrons. The fraction of sp³-hybridized carbons (Fsp3) is 0.304. The van der Waals surface area contributed by atoms with Gasteiger partial charge in [-0.05, 0) is 55.0 Å². The number of hydrogen-bond acceptors (Lipinski definition) is 6. The molecule has 0 aliphatic rings. The summed E-state index contributed by atoms with van der Waals surface area (Å²) >= 11 is 0. The Balaban J connectivity index is 1.53. The molecule has 0 radical (unpaired) electrons. The van der Waals surface area contributed by atoms with E-state index in [0.29, 0.717) is 54.5 Å². The van der Waals surface area contributed by atoms with Crippen LogP contribution in [0.4, 0.5) is 4.39 Å². The normalized spacial score (nSPS) is 10.7. The number of carbonyl (C=O) groups excluding carboxylic acids is 2. The number of carbonyl (C=O) groups is 2. The van der Waals surface area contributed by atoms with Crippen LogP contribution in [0.15, 0.2) is 53.1 Å². The number of aromatic nitrogens is 2. The number of methoxy groups -OCH3 is 1. The maximum Gasteiger partial charge on any atom is 0.257 e. The van der Waals surface area contributed by atoms with Gasteiger partial charge in [0, 0.05) is 57.0 Å². The third-order valence-electron chi connectivity index (χ3n) is 4.78. The van der Waals surface area contributed by atoms with Crippen LogP contribution in [0, 0.1) is 5.82 Å². The van der Waals surface area contributed by atoms with Crippen molar-refractivity contribution in [1.29, 1.82) is 0 Å². The summed E-state index contributed by atoms with van der Waals surface area (Å²) < 4.78 is 23.3. The summed E-state index contributed by atoms with van der Waals surface area (Å²) in [7, 11) is 3.28. The lowest BCUT2D eigenvalue weighted by molar-refractivity contribution is 0.0795. The van der Waals surface area contributed by atoms with Crippen LogP contribution in [-0.4, -0.2) is 60.7 Å². The third kappa shape index (κ3) is 6.21. The van der Waals surface area contributed by atoms with E-state index in [1.165, 1.54) is 29.2 Å². The highest BCUT2D eigenvalue weighted by Gasteiger charge is 2.15. The van der Waals surface area contributed by atoms with Gasteiger partial charge in [-0.25, -0.2) is 4.39 Å². The maximum atomic E-state index is 13.0. The number of amides is 2. The molecule has 2 amide bonds. The molecular weight excluding hydrogens is 415 g/mol. The lowest BCUT2D eigenvalue weighted by atomic mass is 10.1. The fourth-order valence-corrected chi connectivity index (χ4v) is 2.94. The van der Waals surface area contributed by atoms with Crippen LogP contribution in [0.5, 0.6) is 0 Å². The van der Waals surface area contributed by atoms with Gasteiger partial charge in [-0.15, -0.1) is 0 Å². The van der Waals surface area contributed by atoms with E-state index in [-0.39, 0.29) is 17.6 Å². The second-order valence-electron chi connectivity index (χ2n) is 7.18. The molecular formula is C23H25FN4O4. The monoisotopic (exact) mass is 440 g/mol. The predicted octanol–water partition coefficient (Wildman–Crippen LogP) is 2.96. The van der Waals surface area contributed by atoms with E-state index in [9.17, 15) is 14.0 Å². The van der Waals surface area contributed by atoms with Crippen molar-refractivity contribution in [1.82, 2.24) is 20.4 Å². The molecule has 0 aliphatic carbocycles. The average molecular weight is 440 g/mol. The van der Waals surface area contributed by atoms with Crippen molar-refractivity contribution in [2.24, 2.45) is 0 Å². The Morgan fingerprint density at radius 2 is 1.78 bits per heavy atom. The van der Waals surface area contributed by atoms with E-state index < -0.39 is 0 Å². The van der Waals surface area contributed by atoms with Gasteiger partial charge in [-0.1, -0.05) is 5.16 Å². The Labute approximate surface area is 185 Å². The second-order valence-corrected chi connectivity index (χ2v) is 7.18. The summed E-state index contributed by atoms with van der Waals surface area (Å²) in [5, 5.41) is 6.79. The molecule has 0 saturated carbocycles. The number of nitrogens with one attached hydrogen (secondary N) is 1. The maximum absolute atomic E-state index is 13.0. The summed E-state index contributed by atoms with van der Waals surface area (Å²) in [4.78, 5) is 30.4. The quantitative estimate of drug-likeness (QED) is 0.487. The zero-order valence-electron chi connectivity index (χ0n) is 18.0. The minimum atomic E-state index is -0.390. The molecule has 0 aliphatic heterocycles. The molecule has 0 spiro atoms. The molecule has 1 aromatic heterocycles. The van der Waals surface area contributed by atoms with E-state index in [1.807, 2.05) is 0 Å². The van der Waals surface area contributed by atoms with Crippen molar-refractivity contribution in [2.45, 2.75) is 12.8 Å². The van der Waals surface area contributed by atoms with Gasteiger partial charge < -0.3 is 19.5 Å². The van der Waals surface area contributed by atoms with Gasteiger partial charge in [0.25, 0.3) is 17.7 Å². The van der Waals surface area contributed by atoms with Crippen LogP contribution in [0.25, 0.3) is 11.5 Å². The van der Waals surface area contributed by atoms with Gasteiger partial charge in [-0.2, -0.15) is 4.98 Å². The van der Waals surface area contributed by atoms with E-state index in [0.717, 1.165) is 6.42 Å². The molecule has 1 N–H and O–H groups in total. The Morgan fingerprint density at radius 3 is 2.47 bits per heavy atom. The van der Waals surface area contributed by atoms with Crippen LogP contribution in [0.1, 0.15) is 33.0 Å². The summed E-state index contributed by atoms with van der Waals surface area (Å²) in [5.41, 5.74) is 1.63. The van der Waals surface area contributed by atoms with Crippen molar-refractivity contribution in [3.05, 3.63) is 71.3 Å². The number of ether oxygens (including phenoxy) is 1. The number of halogens is 1. The minimum Gasteiger partial charge on any atom is -0.385 e. The molecule has 3 rings (SSSR count). The van der Waals surface area contributed by atoms with Crippen molar-refractivity contribution in [3.63, 3.8) is 0 Å². The molecule has 0 fully saturated rings. The highest BCUT2D eigenvalue weighted by molar-refractivity contribution is 5.94. The highest BCUT2D eigenvalue weighted by Crippen LogP contribution is 2.18. The second kappa shape index (κ2) is 11.1. The molecule has 2 aromatic carbocycles. The minimum absolute atomic E-state index is 0.160. The first-order valence-corrected chi connectivity index (χ1v) is 10.2. The van der Waals surface area contributed by atoms with Gasteiger partial charge in [0.15, 0.2) is 5.82 Å². The molecule has 3 aromatic rings. The number of benzene rings is 2. The number of nitrogens with zero attached hydrogens (tertiary/aromatic N) is 3. The van der Waals surface area contributed by atoms with Gasteiger partial charge in [-0.3, -0.25) is 9.59 Å². The van der Waals surface area contributed by atoms with Crippen LogP contribution in [-0.2, 0) is 11.2 Å². The van der Waals surface area contributed by atoms with E-state index in [2.05, 4.69) is 15.5 Å². The zero-order chi connectivity index (χ0) is 22.9. The Kier molecular flexibility index (Phi) is 8.04. The zero-order valence-corrected chi connectivity index (χ0v) is 18.0. The third-order valence-corrected chi connectivity index (χ3v) is 4.78. The van der Waals surface area contributed by atoms with Gasteiger partial charge in [0.05, 0.1) is 0 Å². The summed E-state index contributed by atoms with van der Waals surface area (Å²) in [5.74, 6) is 0.0232. The Morgan fingerprint density at radius 1 is 1.09 bits per heavy atom. The number of hydrogen-bond donors (Lipinski definition) is 1. The smallest absolute Gasteiger partial charge is 0.257 e. The van der Waals surface area contributed by atoms with Crippen molar-refractivity contribution < 1.29 is 23.2 Å². The number of rotatable bonds is 10. The van der Waals surface area contributed by atoms with E-state index in [1.54, 1.807) is 38.4 Å². The topological polar surface area (TPSA) is 97.6 Å². The standard InChI is InChI=1S/C23H25FN4O4/c1-28(23(30)18-8-10-19(24)11-9-18)14-12-20-26-22(32-27-20)17-6-4-16(5-7-17)21(29)25-13-3-15-31-2/h4-11H,3,12-15H2,1-2H3,(H,25,29). The predicted molar refractivity (Wildman–Crippen MR) is 116 cm³/mol. The summed E-state index contributed by atoms with van der Waals surface area (Å²) in [6, 6.07) is 12.3. The van der Waals surface area contributed by atoms with Crippen LogP contribution < -0.4 is 5.32 Å². The lowest BCUT2D eigenvalue weighted by Gasteiger charge is -2.16. The lowest BCUT2D eigenvalue weighted by Crippen LogP contribution is -2.29. The highest BCUT2D eigenvalue weighted by atomic mass is 19.1. The first kappa shape index (κ1) is 23.1.